The minimum Gasteiger partial charge on any atom is -0.347 e. The van der Waals surface area contributed by atoms with E-state index in [9.17, 15) is 4.79 Å². The molecule has 3 nitrogen and oxygen atoms in total. The Morgan fingerprint density at radius 1 is 1.35 bits per heavy atom. The van der Waals surface area contributed by atoms with Crippen molar-refractivity contribution in [2.45, 2.75) is 39.2 Å². The monoisotopic (exact) mass is 234 g/mol. The number of hydrogen-bond acceptors (Lipinski definition) is 2. The predicted molar refractivity (Wildman–Crippen MR) is 71.0 cm³/mol. The van der Waals surface area contributed by atoms with Crippen molar-refractivity contribution >= 4 is 5.91 Å². The van der Waals surface area contributed by atoms with Gasteiger partial charge in [-0.15, -0.1) is 0 Å². The van der Waals surface area contributed by atoms with E-state index >= 15 is 0 Å². The van der Waals surface area contributed by atoms with Crippen molar-refractivity contribution in [3.05, 3.63) is 35.4 Å². The van der Waals surface area contributed by atoms with Crippen LogP contribution in [0.3, 0.4) is 0 Å². The summed E-state index contributed by atoms with van der Waals surface area (Å²) >= 11 is 0. The fraction of sp³-hybridized carbons (Fsp3) is 0.500. The molecule has 0 spiro atoms. The Morgan fingerprint density at radius 2 is 1.94 bits per heavy atom. The van der Waals surface area contributed by atoms with Crippen LogP contribution in [0, 0.1) is 6.92 Å². The van der Waals surface area contributed by atoms with Gasteiger partial charge in [-0.1, -0.05) is 24.6 Å². The van der Waals surface area contributed by atoms with Gasteiger partial charge in [0.05, 0.1) is 0 Å². The standard InChI is InChI=1S/C14H22N2O/c1-4-14(3,9-10-15)16-13(17)12-7-5-11(2)6-8-12/h5-8H,4,9-10,15H2,1-3H3,(H,16,17). The van der Waals surface area contributed by atoms with Crippen LogP contribution in [-0.4, -0.2) is 18.0 Å². The highest BCUT2D eigenvalue weighted by Gasteiger charge is 2.23. The Bertz CT molecular complexity index is 372. The lowest BCUT2D eigenvalue weighted by Gasteiger charge is -2.29. The van der Waals surface area contributed by atoms with Gasteiger partial charge >= 0.3 is 0 Å². The molecular formula is C14H22N2O. The van der Waals surface area contributed by atoms with Crippen LogP contribution in [0.5, 0.6) is 0 Å². The van der Waals surface area contributed by atoms with E-state index in [1.807, 2.05) is 38.1 Å². The highest BCUT2D eigenvalue weighted by Crippen LogP contribution is 2.14. The molecule has 1 unspecified atom stereocenters. The first kappa shape index (κ1) is 13.7. The largest absolute Gasteiger partial charge is 0.347 e. The minimum absolute atomic E-state index is 0.0252. The summed E-state index contributed by atoms with van der Waals surface area (Å²) in [6.07, 6.45) is 1.67. The molecule has 3 heteroatoms. The summed E-state index contributed by atoms with van der Waals surface area (Å²) in [4.78, 5) is 12.1. The van der Waals surface area contributed by atoms with Gasteiger partial charge in [-0.25, -0.2) is 0 Å². The zero-order valence-electron chi connectivity index (χ0n) is 10.9. The number of carbonyl (C=O) groups excluding carboxylic acids is 1. The van der Waals surface area contributed by atoms with Crippen molar-refractivity contribution in [3.8, 4) is 0 Å². The van der Waals surface area contributed by atoms with E-state index in [0.29, 0.717) is 12.1 Å². The van der Waals surface area contributed by atoms with Crippen LogP contribution in [0.15, 0.2) is 24.3 Å². The molecule has 94 valence electrons. The average Bonchev–Trinajstić information content (AvgIpc) is 2.30. The summed E-state index contributed by atoms with van der Waals surface area (Å²) in [7, 11) is 0. The lowest BCUT2D eigenvalue weighted by Crippen LogP contribution is -2.46. The first-order valence-corrected chi connectivity index (χ1v) is 6.10. The van der Waals surface area contributed by atoms with Gasteiger partial charge in [-0.2, -0.15) is 0 Å². The van der Waals surface area contributed by atoms with Crippen molar-refractivity contribution in [2.75, 3.05) is 6.54 Å². The fourth-order valence-corrected chi connectivity index (χ4v) is 1.70. The fourth-order valence-electron chi connectivity index (χ4n) is 1.70. The van der Waals surface area contributed by atoms with Crippen molar-refractivity contribution in [3.63, 3.8) is 0 Å². The first-order valence-electron chi connectivity index (χ1n) is 6.10. The quantitative estimate of drug-likeness (QED) is 0.821. The Kier molecular flexibility index (Phi) is 4.70. The highest BCUT2D eigenvalue weighted by molar-refractivity contribution is 5.94. The van der Waals surface area contributed by atoms with E-state index in [2.05, 4.69) is 12.2 Å². The number of nitrogens with two attached hydrogens (primary N) is 1. The average molecular weight is 234 g/mol. The van der Waals surface area contributed by atoms with E-state index in [-0.39, 0.29) is 11.4 Å². The molecule has 0 saturated carbocycles. The second-order valence-corrected chi connectivity index (χ2v) is 4.77. The van der Waals surface area contributed by atoms with E-state index in [1.165, 1.54) is 0 Å². The van der Waals surface area contributed by atoms with E-state index in [4.69, 9.17) is 5.73 Å². The molecule has 3 N–H and O–H groups in total. The second-order valence-electron chi connectivity index (χ2n) is 4.77. The molecule has 1 aromatic carbocycles. The van der Waals surface area contributed by atoms with Crippen LogP contribution in [0.4, 0.5) is 0 Å². The number of benzene rings is 1. The summed E-state index contributed by atoms with van der Waals surface area (Å²) in [5, 5.41) is 3.06. The lowest BCUT2D eigenvalue weighted by molar-refractivity contribution is 0.0900. The summed E-state index contributed by atoms with van der Waals surface area (Å²) in [6.45, 7) is 6.68. The van der Waals surface area contributed by atoms with Gasteiger partial charge in [0, 0.05) is 11.1 Å². The molecule has 0 bridgehead atoms. The maximum Gasteiger partial charge on any atom is 0.251 e. The topological polar surface area (TPSA) is 55.1 Å². The van der Waals surface area contributed by atoms with Crippen LogP contribution in [0.1, 0.15) is 42.6 Å². The SMILES string of the molecule is CCC(C)(CCN)NC(=O)c1ccc(C)cc1. The molecule has 0 fully saturated rings. The van der Waals surface area contributed by atoms with Crippen molar-refractivity contribution in [2.24, 2.45) is 5.73 Å². The van der Waals surface area contributed by atoms with Gasteiger partial charge in [0.2, 0.25) is 0 Å². The zero-order chi connectivity index (χ0) is 12.9. The van der Waals surface area contributed by atoms with Crippen molar-refractivity contribution in [1.82, 2.24) is 5.32 Å². The van der Waals surface area contributed by atoms with Gasteiger partial charge in [0.25, 0.3) is 5.91 Å². The molecule has 0 aliphatic rings. The van der Waals surface area contributed by atoms with E-state index in [1.54, 1.807) is 0 Å². The van der Waals surface area contributed by atoms with Crippen molar-refractivity contribution in [1.29, 1.82) is 0 Å². The Hall–Kier alpha value is -1.35. The van der Waals surface area contributed by atoms with Crippen LogP contribution in [0.2, 0.25) is 0 Å². The van der Waals surface area contributed by atoms with Crippen LogP contribution in [0.25, 0.3) is 0 Å². The van der Waals surface area contributed by atoms with Crippen LogP contribution < -0.4 is 11.1 Å². The van der Waals surface area contributed by atoms with Gasteiger partial charge in [-0.3, -0.25) is 4.79 Å². The summed E-state index contributed by atoms with van der Waals surface area (Å²) < 4.78 is 0. The Morgan fingerprint density at radius 3 is 2.41 bits per heavy atom. The van der Waals surface area contributed by atoms with E-state index < -0.39 is 0 Å². The van der Waals surface area contributed by atoms with Gasteiger partial charge < -0.3 is 11.1 Å². The molecule has 1 amide bonds. The molecule has 0 aliphatic carbocycles. The molecule has 0 radical (unpaired) electrons. The Labute approximate surface area is 103 Å². The summed E-state index contributed by atoms with van der Waals surface area (Å²) in [5.41, 5.74) is 7.22. The molecule has 0 aromatic heterocycles. The highest BCUT2D eigenvalue weighted by atomic mass is 16.1. The van der Waals surface area contributed by atoms with Crippen molar-refractivity contribution < 1.29 is 4.79 Å². The normalized spacial score (nSPS) is 14.1. The number of amides is 1. The third-order valence-corrected chi connectivity index (χ3v) is 3.21. The maximum absolute atomic E-state index is 12.1. The lowest BCUT2D eigenvalue weighted by atomic mass is 9.94. The molecule has 0 aliphatic heterocycles. The van der Waals surface area contributed by atoms with Crippen LogP contribution >= 0.6 is 0 Å². The zero-order valence-corrected chi connectivity index (χ0v) is 10.9. The smallest absolute Gasteiger partial charge is 0.251 e. The maximum atomic E-state index is 12.1. The second kappa shape index (κ2) is 5.82. The molecule has 17 heavy (non-hydrogen) atoms. The van der Waals surface area contributed by atoms with E-state index in [0.717, 1.165) is 18.4 Å². The molecule has 1 rings (SSSR count). The first-order chi connectivity index (χ1) is 8.00. The molecule has 1 atom stereocenters. The van der Waals surface area contributed by atoms with Crippen LogP contribution in [-0.2, 0) is 0 Å². The number of carbonyl (C=O) groups is 1. The predicted octanol–water partition coefficient (Wildman–Crippen LogP) is 2.24. The molecule has 0 saturated heterocycles. The number of nitrogens with one attached hydrogen (secondary N) is 1. The summed E-state index contributed by atoms with van der Waals surface area (Å²) in [6, 6.07) is 7.59. The van der Waals surface area contributed by atoms with Gasteiger partial charge in [0.1, 0.15) is 0 Å². The molecular weight excluding hydrogens is 212 g/mol. The third-order valence-electron chi connectivity index (χ3n) is 3.21. The van der Waals surface area contributed by atoms with Gasteiger partial charge in [-0.05, 0) is 45.4 Å². The number of aryl methyl sites for hydroxylation is 1. The number of hydrogen-bond donors (Lipinski definition) is 2. The Balaban J connectivity index is 2.74. The molecule has 1 aromatic rings. The molecule has 0 heterocycles. The third kappa shape index (κ3) is 3.86. The number of rotatable bonds is 5. The minimum atomic E-state index is -0.212. The van der Waals surface area contributed by atoms with Gasteiger partial charge in [0.15, 0.2) is 0 Å². The summed E-state index contributed by atoms with van der Waals surface area (Å²) in [5.74, 6) is -0.0252.